The van der Waals surface area contributed by atoms with Crippen molar-refractivity contribution in [3.8, 4) is 5.75 Å². The number of likely N-dealkylation sites (tertiary alicyclic amines) is 1. The molecular weight excluding hydrogens is 324 g/mol. The fourth-order valence-corrected chi connectivity index (χ4v) is 3.49. The largest absolute Gasteiger partial charge is 0.489 e. The van der Waals surface area contributed by atoms with Gasteiger partial charge in [-0.1, -0.05) is 43.7 Å². The van der Waals surface area contributed by atoms with Crippen LogP contribution < -0.4 is 10.1 Å². The first kappa shape index (κ1) is 18.5. The monoisotopic (exact) mass is 352 g/mol. The van der Waals surface area contributed by atoms with Crippen LogP contribution in [0.25, 0.3) is 0 Å². The average molecular weight is 352 g/mol. The van der Waals surface area contributed by atoms with Crippen molar-refractivity contribution in [1.29, 1.82) is 0 Å². The minimum Gasteiger partial charge on any atom is -0.489 e. The molecule has 1 atom stereocenters. The van der Waals surface area contributed by atoms with E-state index in [9.17, 15) is 4.79 Å². The highest BCUT2D eigenvalue weighted by Crippen LogP contribution is 2.20. The molecule has 2 aromatic carbocycles. The Morgan fingerprint density at radius 3 is 2.62 bits per heavy atom. The highest BCUT2D eigenvalue weighted by atomic mass is 16.5. The molecule has 1 heterocycles. The van der Waals surface area contributed by atoms with Crippen molar-refractivity contribution in [1.82, 2.24) is 4.90 Å². The highest BCUT2D eigenvalue weighted by Gasteiger charge is 2.22. The number of anilines is 1. The van der Waals surface area contributed by atoms with Gasteiger partial charge in [0.25, 0.3) is 0 Å². The summed E-state index contributed by atoms with van der Waals surface area (Å²) in [5.74, 6) is 0.859. The standard InChI is InChI=1S/C22H28N2O2/c1-2-20-10-6-7-15-24(20)16-22(25)23-19-11-13-21(14-12-19)26-17-18-8-4-3-5-9-18/h3-5,8-9,11-14,20H,2,6-7,10,15-17H2,1H3,(H,23,25). The van der Waals surface area contributed by atoms with E-state index in [0.29, 0.717) is 19.2 Å². The predicted molar refractivity (Wildman–Crippen MR) is 105 cm³/mol. The summed E-state index contributed by atoms with van der Waals surface area (Å²) in [5.41, 5.74) is 1.95. The van der Waals surface area contributed by atoms with Crippen LogP contribution in [0.3, 0.4) is 0 Å². The zero-order valence-corrected chi connectivity index (χ0v) is 15.5. The maximum Gasteiger partial charge on any atom is 0.238 e. The van der Waals surface area contributed by atoms with E-state index in [-0.39, 0.29) is 5.91 Å². The lowest BCUT2D eigenvalue weighted by molar-refractivity contribution is -0.118. The van der Waals surface area contributed by atoms with E-state index in [4.69, 9.17) is 4.74 Å². The average Bonchev–Trinajstić information content (AvgIpc) is 2.68. The second-order valence-corrected chi connectivity index (χ2v) is 6.88. The van der Waals surface area contributed by atoms with E-state index in [2.05, 4.69) is 17.1 Å². The summed E-state index contributed by atoms with van der Waals surface area (Å²) in [6.07, 6.45) is 4.79. The molecule has 3 rings (SSSR count). The highest BCUT2D eigenvalue weighted by molar-refractivity contribution is 5.92. The van der Waals surface area contributed by atoms with Crippen LogP contribution in [0, 0.1) is 0 Å². The molecule has 138 valence electrons. The summed E-state index contributed by atoms with van der Waals surface area (Å²) in [7, 11) is 0. The van der Waals surface area contributed by atoms with Gasteiger partial charge in [-0.05, 0) is 55.6 Å². The topological polar surface area (TPSA) is 41.6 Å². The minimum atomic E-state index is 0.0586. The molecule has 0 bridgehead atoms. The molecule has 0 radical (unpaired) electrons. The third-order valence-electron chi connectivity index (χ3n) is 4.95. The van der Waals surface area contributed by atoms with Crippen molar-refractivity contribution in [2.24, 2.45) is 0 Å². The van der Waals surface area contributed by atoms with Gasteiger partial charge in [0.15, 0.2) is 0 Å². The number of benzene rings is 2. The third kappa shape index (κ3) is 5.33. The van der Waals surface area contributed by atoms with Gasteiger partial charge in [-0.3, -0.25) is 9.69 Å². The quantitative estimate of drug-likeness (QED) is 0.799. The van der Waals surface area contributed by atoms with Crippen molar-refractivity contribution in [3.05, 3.63) is 60.2 Å². The normalized spacial score (nSPS) is 17.7. The van der Waals surface area contributed by atoms with Gasteiger partial charge in [-0.2, -0.15) is 0 Å². The summed E-state index contributed by atoms with van der Waals surface area (Å²) in [6, 6.07) is 18.2. The van der Waals surface area contributed by atoms with Gasteiger partial charge >= 0.3 is 0 Å². The Morgan fingerprint density at radius 1 is 1.12 bits per heavy atom. The molecular formula is C22H28N2O2. The van der Waals surface area contributed by atoms with E-state index in [1.54, 1.807) is 0 Å². The molecule has 0 aromatic heterocycles. The second kappa shape index (κ2) is 9.39. The summed E-state index contributed by atoms with van der Waals surface area (Å²) in [5, 5.41) is 3.00. The molecule has 1 amide bonds. The van der Waals surface area contributed by atoms with Crippen molar-refractivity contribution >= 4 is 11.6 Å². The fourth-order valence-electron chi connectivity index (χ4n) is 3.49. The molecule has 0 spiro atoms. The minimum absolute atomic E-state index is 0.0586. The Labute approximate surface area is 156 Å². The number of carbonyl (C=O) groups is 1. The predicted octanol–water partition coefficient (Wildman–Crippen LogP) is 4.47. The molecule has 26 heavy (non-hydrogen) atoms. The Balaban J connectivity index is 1.48. The molecule has 2 aromatic rings. The van der Waals surface area contributed by atoms with E-state index < -0.39 is 0 Å². The maximum atomic E-state index is 12.4. The van der Waals surface area contributed by atoms with Crippen LogP contribution in [0.15, 0.2) is 54.6 Å². The Hall–Kier alpha value is -2.33. The molecule has 4 heteroatoms. The number of hydrogen-bond donors (Lipinski definition) is 1. The number of hydrogen-bond acceptors (Lipinski definition) is 3. The first-order valence-electron chi connectivity index (χ1n) is 9.55. The Kier molecular flexibility index (Phi) is 6.67. The van der Waals surface area contributed by atoms with Crippen molar-refractivity contribution in [2.75, 3.05) is 18.4 Å². The van der Waals surface area contributed by atoms with Crippen LogP contribution in [-0.4, -0.2) is 29.9 Å². The van der Waals surface area contributed by atoms with Gasteiger partial charge < -0.3 is 10.1 Å². The number of nitrogens with one attached hydrogen (secondary N) is 1. The first-order chi connectivity index (χ1) is 12.7. The van der Waals surface area contributed by atoms with Crippen molar-refractivity contribution in [2.45, 2.75) is 45.3 Å². The number of ether oxygens (including phenoxy) is 1. The van der Waals surface area contributed by atoms with E-state index in [0.717, 1.165) is 30.0 Å². The van der Waals surface area contributed by atoms with Gasteiger partial charge in [-0.25, -0.2) is 0 Å². The number of carbonyl (C=O) groups excluding carboxylic acids is 1. The van der Waals surface area contributed by atoms with Crippen LogP contribution in [-0.2, 0) is 11.4 Å². The number of piperidine rings is 1. The van der Waals surface area contributed by atoms with Gasteiger partial charge in [-0.15, -0.1) is 0 Å². The number of rotatable bonds is 7. The van der Waals surface area contributed by atoms with Gasteiger partial charge in [0.05, 0.1) is 6.54 Å². The summed E-state index contributed by atoms with van der Waals surface area (Å²) >= 11 is 0. The molecule has 0 saturated carbocycles. The van der Waals surface area contributed by atoms with E-state index in [1.807, 2.05) is 54.6 Å². The molecule has 1 aliphatic rings. The zero-order chi connectivity index (χ0) is 18.2. The molecule has 1 aliphatic heterocycles. The van der Waals surface area contributed by atoms with Crippen molar-refractivity contribution < 1.29 is 9.53 Å². The van der Waals surface area contributed by atoms with E-state index in [1.165, 1.54) is 19.3 Å². The second-order valence-electron chi connectivity index (χ2n) is 6.88. The lowest BCUT2D eigenvalue weighted by Crippen LogP contribution is -2.43. The van der Waals surface area contributed by atoms with Gasteiger partial charge in [0.1, 0.15) is 12.4 Å². The summed E-state index contributed by atoms with van der Waals surface area (Å²) in [6.45, 7) is 4.25. The van der Waals surface area contributed by atoms with Crippen LogP contribution in [0.1, 0.15) is 38.2 Å². The van der Waals surface area contributed by atoms with Gasteiger partial charge in [0, 0.05) is 11.7 Å². The Bertz CT molecular complexity index is 685. The van der Waals surface area contributed by atoms with Crippen LogP contribution in [0.2, 0.25) is 0 Å². The number of nitrogens with zero attached hydrogens (tertiary/aromatic N) is 1. The molecule has 1 unspecified atom stereocenters. The zero-order valence-electron chi connectivity index (χ0n) is 15.5. The molecule has 4 nitrogen and oxygen atoms in total. The van der Waals surface area contributed by atoms with Crippen LogP contribution in [0.5, 0.6) is 5.75 Å². The third-order valence-corrected chi connectivity index (χ3v) is 4.95. The summed E-state index contributed by atoms with van der Waals surface area (Å²) < 4.78 is 5.78. The fraction of sp³-hybridized carbons (Fsp3) is 0.409. The lowest BCUT2D eigenvalue weighted by atomic mass is 10.00. The van der Waals surface area contributed by atoms with Gasteiger partial charge in [0.2, 0.25) is 5.91 Å². The molecule has 1 N–H and O–H groups in total. The lowest BCUT2D eigenvalue weighted by Gasteiger charge is -2.34. The molecule has 1 fully saturated rings. The van der Waals surface area contributed by atoms with Crippen LogP contribution in [0.4, 0.5) is 5.69 Å². The van der Waals surface area contributed by atoms with Crippen LogP contribution >= 0.6 is 0 Å². The number of amides is 1. The summed E-state index contributed by atoms with van der Waals surface area (Å²) in [4.78, 5) is 14.7. The SMILES string of the molecule is CCC1CCCCN1CC(=O)Nc1ccc(OCc2ccccc2)cc1. The maximum absolute atomic E-state index is 12.4. The molecule has 1 saturated heterocycles. The van der Waals surface area contributed by atoms with Crippen molar-refractivity contribution in [3.63, 3.8) is 0 Å². The smallest absolute Gasteiger partial charge is 0.238 e. The first-order valence-corrected chi connectivity index (χ1v) is 9.55. The molecule has 0 aliphatic carbocycles. The van der Waals surface area contributed by atoms with E-state index >= 15 is 0 Å². The Morgan fingerprint density at radius 2 is 1.88 bits per heavy atom.